The third-order valence-corrected chi connectivity index (χ3v) is 2.16. The summed E-state index contributed by atoms with van der Waals surface area (Å²) in [6.45, 7) is 4.38. The van der Waals surface area contributed by atoms with Crippen molar-refractivity contribution in [3.8, 4) is 0 Å². The molecule has 0 spiro atoms. The molecular weight excluding hydrogens is 178 g/mol. The van der Waals surface area contributed by atoms with Crippen molar-refractivity contribution in [1.82, 2.24) is 14.3 Å². The summed E-state index contributed by atoms with van der Waals surface area (Å²) in [5.74, 6) is 0. The maximum absolute atomic E-state index is 11.3. The van der Waals surface area contributed by atoms with Crippen molar-refractivity contribution in [1.29, 1.82) is 0 Å². The van der Waals surface area contributed by atoms with Gasteiger partial charge in [0.1, 0.15) is 6.33 Å². The first-order valence-corrected chi connectivity index (χ1v) is 4.95. The smallest absolute Gasteiger partial charge is 0.285 e. The van der Waals surface area contributed by atoms with Crippen molar-refractivity contribution in [2.45, 2.75) is 32.2 Å². The molecule has 4 heteroatoms. The normalized spacial score (nSPS) is 10.4. The van der Waals surface area contributed by atoms with Gasteiger partial charge < -0.3 is 0 Å². The maximum atomic E-state index is 11.3. The standard InChI is InChI=1S/C10H17N3O/c1-3-4-5-6-7-8-13-10(14)12(2)9-11-13/h3,9H,1,4-8H2,2H3. The van der Waals surface area contributed by atoms with Gasteiger partial charge in [-0.05, 0) is 19.3 Å². The molecule has 1 aromatic rings. The summed E-state index contributed by atoms with van der Waals surface area (Å²) in [5.41, 5.74) is -0.0336. The zero-order chi connectivity index (χ0) is 10.4. The van der Waals surface area contributed by atoms with Crippen LogP contribution in [0.3, 0.4) is 0 Å². The van der Waals surface area contributed by atoms with Gasteiger partial charge in [-0.3, -0.25) is 4.57 Å². The first-order valence-electron chi connectivity index (χ1n) is 4.95. The van der Waals surface area contributed by atoms with Crippen LogP contribution in [0.1, 0.15) is 25.7 Å². The Hall–Kier alpha value is -1.32. The fraction of sp³-hybridized carbons (Fsp3) is 0.600. The molecule has 0 radical (unpaired) electrons. The van der Waals surface area contributed by atoms with Gasteiger partial charge in [0.25, 0.3) is 0 Å². The van der Waals surface area contributed by atoms with Crippen molar-refractivity contribution < 1.29 is 0 Å². The second-order valence-electron chi connectivity index (χ2n) is 3.39. The molecule has 0 aliphatic rings. The van der Waals surface area contributed by atoms with E-state index >= 15 is 0 Å². The van der Waals surface area contributed by atoms with E-state index in [9.17, 15) is 4.79 Å². The highest BCUT2D eigenvalue weighted by molar-refractivity contribution is 4.67. The van der Waals surface area contributed by atoms with E-state index in [-0.39, 0.29) is 5.69 Å². The van der Waals surface area contributed by atoms with Crippen LogP contribution in [0.25, 0.3) is 0 Å². The van der Waals surface area contributed by atoms with Crippen LogP contribution < -0.4 is 5.69 Å². The summed E-state index contributed by atoms with van der Waals surface area (Å²) in [7, 11) is 1.71. The SMILES string of the molecule is C=CCCCCCn1ncn(C)c1=O. The summed E-state index contributed by atoms with van der Waals surface area (Å²) in [6.07, 6.45) is 7.79. The number of allylic oxidation sites excluding steroid dienone is 1. The average Bonchev–Trinajstić information content (AvgIpc) is 2.49. The van der Waals surface area contributed by atoms with E-state index in [1.54, 1.807) is 13.4 Å². The second kappa shape index (κ2) is 5.42. The molecule has 0 bridgehead atoms. The molecule has 78 valence electrons. The number of aromatic nitrogens is 3. The molecular formula is C10H17N3O. The molecule has 0 aromatic carbocycles. The average molecular weight is 195 g/mol. The van der Waals surface area contributed by atoms with E-state index in [0.29, 0.717) is 0 Å². The van der Waals surface area contributed by atoms with E-state index in [0.717, 1.165) is 32.2 Å². The van der Waals surface area contributed by atoms with Crippen molar-refractivity contribution in [3.63, 3.8) is 0 Å². The summed E-state index contributed by atoms with van der Waals surface area (Å²) >= 11 is 0. The Kier molecular flexibility index (Phi) is 4.16. The molecule has 0 fully saturated rings. The molecule has 0 amide bonds. The van der Waals surface area contributed by atoms with Crippen LogP contribution in [0.2, 0.25) is 0 Å². The van der Waals surface area contributed by atoms with Gasteiger partial charge >= 0.3 is 5.69 Å². The lowest BCUT2D eigenvalue weighted by Gasteiger charge is -1.98. The monoisotopic (exact) mass is 195 g/mol. The highest BCUT2D eigenvalue weighted by atomic mass is 16.2. The molecule has 4 nitrogen and oxygen atoms in total. The largest absolute Gasteiger partial charge is 0.345 e. The van der Waals surface area contributed by atoms with Gasteiger partial charge in [0.15, 0.2) is 0 Å². The second-order valence-corrected chi connectivity index (χ2v) is 3.39. The molecule has 0 saturated heterocycles. The number of aryl methyl sites for hydroxylation is 2. The van der Waals surface area contributed by atoms with Gasteiger partial charge in [0.05, 0.1) is 0 Å². The van der Waals surface area contributed by atoms with E-state index < -0.39 is 0 Å². The Labute approximate surface area is 83.9 Å². The summed E-state index contributed by atoms with van der Waals surface area (Å²) < 4.78 is 3.00. The fourth-order valence-electron chi connectivity index (χ4n) is 1.30. The number of hydrogen-bond donors (Lipinski definition) is 0. The first kappa shape index (κ1) is 10.8. The Bertz CT molecular complexity index is 337. The van der Waals surface area contributed by atoms with Crippen molar-refractivity contribution in [3.05, 3.63) is 29.5 Å². The summed E-state index contributed by atoms with van der Waals surface area (Å²) in [6, 6.07) is 0. The molecule has 14 heavy (non-hydrogen) atoms. The molecule has 1 heterocycles. The van der Waals surface area contributed by atoms with E-state index in [4.69, 9.17) is 0 Å². The molecule has 0 atom stereocenters. The summed E-state index contributed by atoms with van der Waals surface area (Å²) in [5, 5.41) is 3.98. The van der Waals surface area contributed by atoms with Gasteiger partial charge in [-0.1, -0.05) is 12.5 Å². The zero-order valence-corrected chi connectivity index (χ0v) is 8.65. The number of nitrogens with zero attached hydrogens (tertiary/aromatic N) is 3. The molecule has 0 saturated carbocycles. The third kappa shape index (κ3) is 2.87. The van der Waals surface area contributed by atoms with Crippen LogP contribution in [0.15, 0.2) is 23.8 Å². The predicted octanol–water partition coefficient (Wildman–Crippen LogP) is 1.33. The van der Waals surface area contributed by atoms with Crippen LogP contribution in [-0.2, 0) is 13.6 Å². The minimum Gasteiger partial charge on any atom is -0.285 e. The van der Waals surface area contributed by atoms with E-state index in [1.807, 2.05) is 6.08 Å². The molecule has 1 rings (SSSR count). The van der Waals surface area contributed by atoms with E-state index in [2.05, 4.69) is 11.7 Å². The molecule has 0 N–H and O–H groups in total. The maximum Gasteiger partial charge on any atom is 0.345 e. The number of rotatable bonds is 6. The van der Waals surface area contributed by atoms with Crippen LogP contribution in [0.5, 0.6) is 0 Å². The van der Waals surface area contributed by atoms with Crippen molar-refractivity contribution in [2.75, 3.05) is 0 Å². The molecule has 0 unspecified atom stereocenters. The lowest BCUT2D eigenvalue weighted by Crippen LogP contribution is -2.22. The lowest BCUT2D eigenvalue weighted by atomic mass is 10.2. The van der Waals surface area contributed by atoms with Gasteiger partial charge in [-0.25, -0.2) is 9.48 Å². The Balaban J connectivity index is 2.28. The van der Waals surface area contributed by atoms with Gasteiger partial charge in [0, 0.05) is 13.6 Å². The van der Waals surface area contributed by atoms with Gasteiger partial charge in [-0.2, -0.15) is 5.10 Å². The summed E-state index contributed by atoms with van der Waals surface area (Å²) in [4.78, 5) is 11.3. The van der Waals surface area contributed by atoms with Crippen LogP contribution in [-0.4, -0.2) is 14.3 Å². The first-order chi connectivity index (χ1) is 6.75. The molecule has 0 aliphatic carbocycles. The van der Waals surface area contributed by atoms with Gasteiger partial charge in [-0.15, -0.1) is 6.58 Å². The molecule has 0 aliphatic heterocycles. The lowest BCUT2D eigenvalue weighted by molar-refractivity contribution is 0.527. The zero-order valence-electron chi connectivity index (χ0n) is 8.65. The quantitative estimate of drug-likeness (QED) is 0.507. The Morgan fingerprint density at radius 2 is 2.29 bits per heavy atom. The highest BCUT2D eigenvalue weighted by Crippen LogP contribution is 2.00. The fourth-order valence-corrected chi connectivity index (χ4v) is 1.30. The minimum atomic E-state index is -0.0336. The van der Waals surface area contributed by atoms with Crippen LogP contribution in [0, 0.1) is 0 Å². The predicted molar refractivity (Wildman–Crippen MR) is 56.1 cm³/mol. The highest BCUT2D eigenvalue weighted by Gasteiger charge is 1.99. The van der Waals surface area contributed by atoms with E-state index in [1.165, 1.54) is 9.25 Å². The topological polar surface area (TPSA) is 39.8 Å². The van der Waals surface area contributed by atoms with Gasteiger partial charge in [0.2, 0.25) is 0 Å². The van der Waals surface area contributed by atoms with Crippen LogP contribution in [0.4, 0.5) is 0 Å². The number of hydrogen-bond acceptors (Lipinski definition) is 2. The Morgan fingerprint density at radius 1 is 1.50 bits per heavy atom. The van der Waals surface area contributed by atoms with Crippen molar-refractivity contribution >= 4 is 0 Å². The van der Waals surface area contributed by atoms with Crippen LogP contribution >= 0.6 is 0 Å². The Morgan fingerprint density at radius 3 is 2.86 bits per heavy atom. The van der Waals surface area contributed by atoms with Crippen molar-refractivity contribution in [2.24, 2.45) is 7.05 Å². The minimum absolute atomic E-state index is 0.0336. The molecule has 1 aromatic heterocycles. The third-order valence-electron chi connectivity index (χ3n) is 2.16. The number of unbranched alkanes of at least 4 members (excludes halogenated alkanes) is 3.